The maximum atomic E-state index is 12.5. The zero-order chi connectivity index (χ0) is 15.6. The van der Waals surface area contributed by atoms with Crippen molar-refractivity contribution >= 4 is 9.84 Å². The van der Waals surface area contributed by atoms with Crippen LogP contribution >= 0.6 is 0 Å². The van der Waals surface area contributed by atoms with Crippen molar-refractivity contribution in [3.8, 4) is 11.3 Å². The summed E-state index contributed by atoms with van der Waals surface area (Å²) in [6, 6.07) is 14.7. The molecule has 0 aliphatic rings. The zero-order valence-electron chi connectivity index (χ0n) is 12.0. The van der Waals surface area contributed by atoms with Gasteiger partial charge in [-0.05, 0) is 19.1 Å². The van der Waals surface area contributed by atoms with Crippen LogP contribution in [0.2, 0.25) is 0 Å². The Morgan fingerprint density at radius 1 is 1.05 bits per heavy atom. The minimum absolute atomic E-state index is 0.0190. The molecule has 1 N–H and O–H groups in total. The molecule has 1 aromatic carbocycles. The fourth-order valence-electron chi connectivity index (χ4n) is 2.20. The average Bonchev–Trinajstić information content (AvgIpc) is 2.92. The highest BCUT2D eigenvalue weighted by Crippen LogP contribution is 2.23. The van der Waals surface area contributed by atoms with E-state index in [9.17, 15) is 8.42 Å². The van der Waals surface area contributed by atoms with E-state index in [1.165, 1.54) is 0 Å². The van der Waals surface area contributed by atoms with Crippen LogP contribution < -0.4 is 0 Å². The number of hydrogen-bond donors (Lipinski definition) is 1. The lowest BCUT2D eigenvalue weighted by Crippen LogP contribution is -2.08. The van der Waals surface area contributed by atoms with Gasteiger partial charge in [0.1, 0.15) is 5.75 Å². The first-order valence-electron chi connectivity index (χ1n) is 6.81. The van der Waals surface area contributed by atoms with Crippen LogP contribution in [-0.4, -0.2) is 23.4 Å². The summed E-state index contributed by atoms with van der Waals surface area (Å²) < 4.78 is 24.9. The molecule has 0 aliphatic carbocycles. The lowest BCUT2D eigenvalue weighted by atomic mass is 10.1. The molecule has 0 saturated carbocycles. The molecular formula is C16H15N3O2S. The second-order valence-corrected chi connectivity index (χ2v) is 6.87. The summed E-state index contributed by atoms with van der Waals surface area (Å²) in [5, 5.41) is -0.0190. The quantitative estimate of drug-likeness (QED) is 0.803. The van der Waals surface area contributed by atoms with E-state index in [4.69, 9.17) is 0 Å². The third-order valence-electron chi connectivity index (χ3n) is 3.27. The maximum Gasteiger partial charge on any atom is 0.226 e. The highest BCUT2D eigenvalue weighted by atomic mass is 32.2. The topological polar surface area (TPSA) is 75.7 Å². The molecule has 2 aromatic heterocycles. The lowest BCUT2D eigenvalue weighted by molar-refractivity contribution is 0.587. The monoisotopic (exact) mass is 313 g/mol. The van der Waals surface area contributed by atoms with Gasteiger partial charge in [-0.15, -0.1) is 0 Å². The number of imidazole rings is 1. The van der Waals surface area contributed by atoms with Crippen LogP contribution in [0.5, 0.6) is 0 Å². The number of nitrogens with zero attached hydrogens (tertiary/aromatic N) is 2. The van der Waals surface area contributed by atoms with Crippen LogP contribution in [0.15, 0.2) is 59.9 Å². The van der Waals surface area contributed by atoms with Crippen molar-refractivity contribution in [1.29, 1.82) is 0 Å². The van der Waals surface area contributed by atoms with Gasteiger partial charge in [0.25, 0.3) is 0 Å². The molecule has 0 aliphatic heterocycles. The molecular weight excluding hydrogens is 298 g/mol. The number of sulfone groups is 1. The number of H-pyrrole nitrogens is 1. The van der Waals surface area contributed by atoms with Crippen molar-refractivity contribution in [2.75, 3.05) is 0 Å². The van der Waals surface area contributed by atoms with Crippen molar-refractivity contribution in [3.05, 3.63) is 66.1 Å². The van der Waals surface area contributed by atoms with E-state index >= 15 is 0 Å². The fraction of sp³-hybridized carbons (Fsp3) is 0.125. The van der Waals surface area contributed by atoms with Crippen LogP contribution in [0.25, 0.3) is 11.3 Å². The summed E-state index contributed by atoms with van der Waals surface area (Å²) in [7, 11) is -3.55. The Morgan fingerprint density at radius 2 is 1.77 bits per heavy atom. The molecule has 0 atom stereocenters. The van der Waals surface area contributed by atoms with Crippen LogP contribution in [0.4, 0.5) is 0 Å². The van der Waals surface area contributed by atoms with Gasteiger partial charge in [0.2, 0.25) is 15.0 Å². The van der Waals surface area contributed by atoms with Crippen molar-refractivity contribution < 1.29 is 8.42 Å². The van der Waals surface area contributed by atoms with Gasteiger partial charge in [0.05, 0.1) is 11.4 Å². The number of aryl methyl sites for hydroxylation is 1. The summed E-state index contributed by atoms with van der Waals surface area (Å²) in [5.41, 5.74) is 2.76. The first kappa shape index (κ1) is 14.5. The molecule has 0 radical (unpaired) electrons. The Morgan fingerprint density at radius 3 is 2.45 bits per heavy atom. The van der Waals surface area contributed by atoms with Crippen LogP contribution in [0.3, 0.4) is 0 Å². The average molecular weight is 313 g/mol. The molecule has 5 nitrogen and oxygen atoms in total. The van der Waals surface area contributed by atoms with Crippen LogP contribution in [-0.2, 0) is 15.6 Å². The van der Waals surface area contributed by atoms with E-state index in [1.807, 2.05) is 37.3 Å². The molecule has 2 heterocycles. The summed E-state index contributed by atoms with van der Waals surface area (Å²) >= 11 is 0. The van der Waals surface area contributed by atoms with Gasteiger partial charge in [-0.3, -0.25) is 4.98 Å². The molecule has 0 amide bonds. The van der Waals surface area contributed by atoms with Crippen molar-refractivity contribution in [3.63, 3.8) is 0 Å². The summed E-state index contributed by atoms with van der Waals surface area (Å²) in [6.45, 7) is 1.81. The number of pyridine rings is 1. The molecule has 0 spiro atoms. The third kappa shape index (κ3) is 2.92. The minimum Gasteiger partial charge on any atom is -0.332 e. The fourth-order valence-corrected chi connectivity index (χ4v) is 3.44. The highest BCUT2D eigenvalue weighted by molar-refractivity contribution is 7.90. The normalized spacial score (nSPS) is 11.5. The Hall–Kier alpha value is -2.47. The Bertz CT molecular complexity index is 872. The molecule has 0 unspecified atom stereocenters. The third-order valence-corrected chi connectivity index (χ3v) is 4.73. The smallest absolute Gasteiger partial charge is 0.226 e. The summed E-state index contributed by atoms with van der Waals surface area (Å²) in [6.07, 6.45) is 1.58. The SMILES string of the molecule is Cc1[nH]c(S(=O)(=O)Cc2ccccn2)nc1-c1ccccc1. The number of rotatable bonds is 4. The van der Waals surface area contributed by atoms with Gasteiger partial charge in [0.15, 0.2) is 0 Å². The van der Waals surface area contributed by atoms with E-state index in [2.05, 4.69) is 15.0 Å². The van der Waals surface area contributed by atoms with Gasteiger partial charge in [-0.2, -0.15) is 0 Å². The van der Waals surface area contributed by atoms with Crippen LogP contribution in [0.1, 0.15) is 11.4 Å². The number of aromatic amines is 1. The molecule has 6 heteroatoms. The summed E-state index contributed by atoms with van der Waals surface area (Å²) in [5.74, 6) is -0.172. The molecule has 0 fully saturated rings. The van der Waals surface area contributed by atoms with E-state index in [0.29, 0.717) is 11.4 Å². The van der Waals surface area contributed by atoms with Crippen molar-refractivity contribution in [2.24, 2.45) is 0 Å². The molecule has 0 saturated heterocycles. The van der Waals surface area contributed by atoms with Gasteiger partial charge >= 0.3 is 0 Å². The largest absolute Gasteiger partial charge is 0.332 e. The molecule has 22 heavy (non-hydrogen) atoms. The number of aromatic nitrogens is 3. The van der Waals surface area contributed by atoms with E-state index in [1.54, 1.807) is 24.4 Å². The first-order valence-corrected chi connectivity index (χ1v) is 8.46. The van der Waals surface area contributed by atoms with Crippen molar-refractivity contribution in [1.82, 2.24) is 15.0 Å². The molecule has 3 rings (SSSR count). The molecule has 112 valence electrons. The predicted octanol–water partition coefficient (Wildman–Crippen LogP) is 2.75. The first-order chi connectivity index (χ1) is 10.6. The van der Waals surface area contributed by atoms with Gasteiger partial charge < -0.3 is 4.98 Å². The van der Waals surface area contributed by atoms with Crippen LogP contribution in [0, 0.1) is 6.92 Å². The van der Waals surface area contributed by atoms with Gasteiger partial charge in [-0.25, -0.2) is 13.4 Å². The lowest BCUT2D eigenvalue weighted by Gasteiger charge is -2.00. The number of benzene rings is 1. The Kier molecular flexibility index (Phi) is 3.77. The zero-order valence-corrected chi connectivity index (χ0v) is 12.8. The Balaban J connectivity index is 1.96. The van der Waals surface area contributed by atoms with E-state index in [-0.39, 0.29) is 10.9 Å². The predicted molar refractivity (Wildman–Crippen MR) is 83.9 cm³/mol. The number of hydrogen-bond acceptors (Lipinski definition) is 4. The number of nitrogens with one attached hydrogen (secondary N) is 1. The van der Waals surface area contributed by atoms with Gasteiger partial charge in [0, 0.05) is 17.5 Å². The Labute approximate surface area is 129 Å². The maximum absolute atomic E-state index is 12.5. The standard InChI is InChI=1S/C16H15N3O2S/c1-12-15(13-7-3-2-4-8-13)19-16(18-12)22(20,21)11-14-9-5-6-10-17-14/h2-10H,11H2,1H3,(H,18,19). The molecule has 3 aromatic rings. The second kappa shape index (κ2) is 5.73. The second-order valence-electron chi connectivity index (χ2n) is 4.96. The van der Waals surface area contributed by atoms with Gasteiger partial charge in [-0.1, -0.05) is 36.4 Å². The minimum atomic E-state index is -3.55. The van der Waals surface area contributed by atoms with E-state index in [0.717, 1.165) is 11.3 Å². The molecule has 0 bridgehead atoms. The highest BCUT2D eigenvalue weighted by Gasteiger charge is 2.22. The summed E-state index contributed by atoms with van der Waals surface area (Å²) in [4.78, 5) is 11.2. The van der Waals surface area contributed by atoms with Crippen molar-refractivity contribution in [2.45, 2.75) is 17.8 Å². The van der Waals surface area contributed by atoms with E-state index < -0.39 is 9.84 Å².